The number of benzene rings is 2. The topological polar surface area (TPSA) is 109 Å². The summed E-state index contributed by atoms with van der Waals surface area (Å²) in [5.74, 6) is -0.640. The van der Waals surface area contributed by atoms with E-state index in [4.69, 9.17) is 8.83 Å². The van der Waals surface area contributed by atoms with Crippen molar-refractivity contribution >= 4 is 24.2 Å². The summed E-state index contributed by atoms with van der Waals surface area (Å²) in [6.45, 7) is 0. The summed E-state index contributed by atoms with van der Waals surface area (Å²) in [4.78, 5) is 24.4. The van der Waals surface area contributed by atoms with Crippen LogP contribution in [0.25, 0.3) is 11.1 Å². The lowest BCUT2D eigenvalue weighted by Crippen LogP contribution is -2.17. The Hall–Kier alpha value is -4.72. The molecule has 2 heterocycles. The zero-order valence-corrected chi connectivity index (χ0v) is 16.8. The van der Waals surface area contributed by atoms with E-state index >= 15 is 0 Å². The fourth-order valence-electron chi connectivity index (χ4n) is 2.78. The third-order valence-corrected chi connectivity index (χ3v) is 4.47. The fourth-order valence-corrected chi connectivity index (χ4v) is 2.78. The van der Waals surface area contributed by atoms with Gasteiger partial charge in [-0.15, -0.1) is 0 Å². The summed E-state index contributed by atoms with van der Waals surface area (Å²) in [5, 5.41) is 7.79. The van der Waals surface area contributed by atoms with E-state index in [1.165, 1.54) is 37.5 Å². The molecule has 2 N–H and O–H groups in total. The third-order valence-electron chi connectivity index (χ3n) is 4.47. The molecule has 2 amide bonds. The van der Waals surface area contributed by atoms with Crippen LogP contribution in [0.5, 0.6) is 0 Å². The van der Waals surface area contributed by atoms with Crippen LogP contribution >= 0.6 is 0 Å². The highest BCUT2D eigenvalue weighted by Gasteiger charge is 2.07. The maximum Gasteiger partial charge on any atom is 0.271 e. The first kappa shape index (κ1) is 20.5. The van der Waals surface area contributed by atoms with Gasteiger partial charge in [0, 0.05) is 22.3 Å². The molecule has 4 rings (SSSR count). The number of hydrazone groups is 2. The minimum Gasteiger partial charge on any atom is -0.472 e. The Morgan fingerprint density at radius 2 is 1.03 bits per heavy atom. The highest BCUT2D eigenvalue weighted by molar-refractivity contribution is 5.96. The van der Waals surface area contributed by atoms with Gasteiger partial charge in [-0.05, 0) is 47.5 Å². The first-order valence-electron chi connectivity index (χ1n) is 9.61. The van der Waals surface area contributed by atoms with E-state index in [1.54, 1.807) is 36.4 Å². The van der Waals surface area contributed by atoms with Crippen molar-refractivity contribution < 1.29 is 18.4 Å². The molecule has 8 nitrogen and oxygen atoms in total. The summed E-state index contributed by atoms with van der Waals surface area (Å²) in [5.41, 5.74) is 9.22. The smallest absolute Gasteiger partial charge is 0.271 e. The standard InChI is InChI=1S/C24H18N4O4/c29-23(27-25-13-17-9-11-31-15-17)21-5-1-19(2-6-21)20-3-7-22(8-4-20)24(30)28-26-14-18-10-12-32-16-18/h1-16H,(H,27,29)(H,28,30)/b25-13+,26-14+. The highest BCUT2D eigenvalue weighted by Crippen LogP contribution is 2.20. The number of carbonyl (C=O) groups is 2. The van der Waals surface area contributed by atoms with Gasteiger partial charge in [-0.25, -0.2) is 10.9 Å². The Kier molecular flexibility index (Phi) is 6.33. The maximum absolute atomic E-state index is 12.2. The van der Waals surface area contributed by atoms with Gasteiger partial charge in [-0.2, -0.15) is 10.2 Å². The average molecular weight is 426 g/mol. The van der Waals surface area contributed by atoms with Crippen molar-refractivity contribution in [2.45, 2.75) is 0 Å². The molecule has 0 aliphatic rings. The van der Waals surface area contributed by atoms with Crippen LogP contribution in [-0.4, -0.2) is 24.2 Å². The molecule has 0 aliphatic heterocycles. The second-order valence-corrected chi connectivity index (χ2v) is 6.67. The molecule has 0 atom stereocenters. The van der Waals surface area contributed by atoms with Gasteiger partial charge < -0.3 is 8.83 Å². The molecule has 2 aromatic carbocycles. The molecule has 0 radical (unpaired) electrons. The normalized spacial score (nSPS) is 11.1. The van der Waals surface area contributed by atoms with Crippen LogP contribution in [0.3, 0.4) is 0 Å². The van der Waals surface area contributed by atoms with Crippen molar-refractivity contribution in [3.05, 3.63) is 108 Å². The number of amides is 2. The van der Waals surface area contributed by atoms with Crippen molar-refractivity contribution in [3.63, 3.8) is 0 Å². The number of furan rings is 2. The molecule has 8 heteroatoms. The lowest BCUT2D eigenvalue weighted by atomic mass is 10.0. The Bertz CT molecular complexity index is 1120. The molecule has 0 spiro atoms. The molecule has 158 valence electrons. The van der Waals surface area contributed by atoms with E-state index in [2.05, 4.69) is 21.1 Å². The van der Waals surface area contributed by atoms with Crippen LogP contribution in [0.1, 0.15) is 31.8 Å². The quantitative estimate of drug-likeness (QED) is 0.343. The van der Waals surface area contributed by atoms with Crippen molar-refractivity contribution in [2.24, 2.45) is 10.2 Å². The number of carbonyl (C=O) groups excluding carboxylic acids is 2. The zero-order valence-electron chi connectivity index (χ0n) is 16.8. The van der Waals surface area contributed by atoms with E-state index in [-0.39, 0.29) is 11.8 Å². The van der Waals surface area contributed by atoms with Crippen LogP contribution < -0.4 is 10.9 Å². The monoisotopic (exact) mass is 426 g/mol. The first-order valence-corrected chi connectivity index (χ1v) is 9.61. The molecule has 0 saturated heterocycles. The molecule has 0 bridgehead atoms. The Morgan fingerprint density at radius 1 is 0.625 bits per heavy atom. The lowest BCUT2D eigenvalue weighted by molar-refractivity contribution is 0.0947. The molecule has 0 saturated carbocycles. The van der Waals surface area contributed by atoms with Crippen LogP contribution in [0.2, 0.25) is 0 Å². The molecule has 0 fully saturated rings. The first-order chi connectivity index (χ1) is 15.7. The third kappa shape index (κ3) is 5.25. The van der Waals surface area contributed by atoms with Crippen molar-refractivity contribution in [1.29, 1.82) is 0 Å². The summed E-state index contributed by atoms with van der Waals surface area (Å²) < 4.78 is 9.86. The molecule has 4 aromatic rings. The van der Waals surface area contributed by atoms with Gasteiger partial charge in [0.1, 0.15) is 0 Å². The van der Waals surface area contributed by atoms with Gasteiger partial charge in [0.2, 0.25) is 0 Å². The number of nitrogens with one attached hydrogen (secondary N) is 2. The molecular weight excluding hydrogens is 408 g/mol. The average Bonchev–Trinajstić information content (AvgIpc) is 3.54. The minimum atomic E-state index is -0.320. The second kappa shape index (κ2) is 9.86. The van der Waals surface area contributed by atoms with E-state index in [0.717, 1.165) is 22.3 Å². The maximum atomic E-state index is 12.2. The van der Waals surface area contributed by atoms with Crippen LogP contribution in [0.15, 0.2) is 105 Å². The van der Waals surface area contributed by atoms with Gasteiger partial charge in [-0.1, -0.05) is 24.3 Å². The van der Waals surface area contributed by atoms with Gasteiger partial charge >= 0.3 is 0 Å². The highest BCUT2D eigenvalue weighted by atomic mass is 16.3. The molecule has 0 unspecified atom stereocenters. The lowest BCUT2D eigenvalue weighted by Gasteiger charge is -2.05. The predicted octanol–water partition coefficient (Wildman–Crippen LogP) is 4.07. The van der Waals surface area contributed by atoms with Crippen molar-refractivity contribution in [3.8, 4) is 11.1 Å². The van der Waals surface area contributed by atoms with Gasteiger partial charge in [-0.3, -0.25) is 9.59 Å². The summed E-state index contributed by atoms with van der Waals surface area (Å²) >= 11 is 0. The molecule has 0 aliphatic carbocycles. The van der Waals surface area contributed by atoms with Gasteiger partial charge in [0.15, 0.2) is 0 Å². The largest absolute Gasteiger partial charge is 0.472 e. The second-order valence-electron chi connectivity index (χ2n) is 6.67. The van der Waals surface area contributed by atoms with Crippen LogP contribution in [0.4, 0.5) is 0 Å². The van der Waals surface area contributed by atoms with Crippen LogP contribution in [0, 0.1) is 0 Å². The van der Waals surface area contributed by atoms with E-state index in [9.17, 15) is 9.59 Å². The summed E-state index contributed by atoms with van der Waals surface area (Å²) in [6.07, 6.45) is 9.09. The van der Waals surface area contributed by atoms with E-state index in [1.807, 2.05) is 24.3 Å². The number of rotatable bonds is 7. The van der Waals surface area contributed by atoms with Crippen molar-refractivity contribution in [2.75, 3.05) is 0 Å². The summed E-state index contributed by atoms with van der Waals surface area (Å²) in [6, 6.07) is 17.6. The SMILES string of the molecule is O=C(N/N=C/c1ccoc1)c1ccc(-c2ccc(C(=O)N/N=C/c3ccoc3)cc2)cc1. The van der Waals surface area contributed by atoms with Crippen molar-refractivity contribution in [1.82, 2.24) is 10.9 Å². The fraction of sp³-hybridized carbons (Fsp3) is 0. The molecular formula is C24H18N4O4. The van der Waals surface area contributed by atoms with Crippen LogP contribution in [-0.2, 0) is 0 Å². The molecule has 2 aromatic heterocycles. The van der Waals surface area contributed by atoms with E-state index < -0.39 is 0 Å². The van der Waals surface area contributed by atoms with E-state index in [0.29, 0.717) is 11.1 Å². The molecule has 32 heavy (non-hydrogen) atoms. The zero-order chi connectivity index (χ0) is 22.2. The number of hydrogen-bond acceptors (Lipinski definition) is 6. The van der Waals surface area contributed by atoms with Gasteiger partial charge in [0.25, 0.3) is 11.8 Å². The minimum absolute atomic E-state index is 0.320. The predicted molar refractivity (Wildman–Crippen MR) is 119 cm³/mol. The number of hydrogen-bond donors (Lipinski definition) is 2. The Morgan fingerprint density at radius 3 is 1.38 bits per heavy atom. The van der Waals surface area contributed by atoms with Gasteiger partial charge in [0.05, 0.1) is 37.5 Å². The number of nitrogens with zero attached hydrogens (tertiary/aromatic N) is 2. The Labute approximate surface area is 183 Å². The summed E-state index contributed by atoms with van der Waals surface area (Å²) in [7, 11) is 0. The Balaban J connectivity index is 1.34.